The number of benzene rings is 1. The number of anilines is 2. The van der Waals surface area contributed by atoms with Crippen molar-refractivity contribution >= 4 is 34.8 Å². The molecule has 0 aromatic heterocycles. The van der Waals surface area contributed by atoms with Crippen LogP contribution in [0.4, 0.5) is 16.2 Å². The Bertz CT molecular complexity index is 620. The maximum Gasteiger partial charge on any atom is 0.407 e. The molecule has 0 aliphatic carbocycles. The standard InChI is InChI=1S/C20H32N4O2S/c1-15-9-13-24(14-10-15)17-7-5-16(6-8-17)23-18(27)21-11-12-22-19(25)26-20(2,3)4/h5-8,15H,9-14H2,1-4H3,(H,22,25)(H2,21,23,27). The van der Waals surface area contributed by atoms with Crippen LogP contribution in [0, 0.1) is 5.92 Å². The van der Waals surface area contributed by atoms with E-state index in [1.165, 1.54) is 18.5 Å². The van der Waals surface area contributed by atoms with E-state index in [1.807, 2.05) is 32.9 Å². The summed E-state index contributed by atoms with van der Waals surface area (Å²) in [5.74, 6) is 0.829. The van der Waals surface area contributed by atoms with E-state index in [4.69, 9.17) is 17.0 Å². The Labute approximate surface area is 168 Å². The second-order valence-electron chi connectivity index (χ2n) is 8.03. The van der Waals surface area contributed by atoms with Crippen molar-refractivity contribution in [3.05, 3.63) is 24.3 Å². The van der Waals surface area contributed by atoms with Gasteiger partial charge >= 0.3 is 6.09 Å². The molecule has 1 fully saturated rings. The molecule has 1 aromatic carbocycles. The van der Waals surface area contributed by atoms with Crippen LogP contribution in [0.5, 0.6) is 0 Å². The summed E-state index contributed by atoms with van der Waals surface area (Å²) in [7, 11) is 0. The number of alkyl carbamates (subject to hydrolysis) is 1. The molecule has 0 saturated carbocycles. The number of carbonyl (C=O) groups is 1. The van der Waals surface area contributed by atoms with Crippen LogP contribution in [0.15, 0.2) is 24.3 Å². The molecule has 1 saturated heterocycles. The SMILES string of the molecule is CC1CCN(c2ccc(NC(=S)NCCNC(=O)OC(C)(C)C)cc2)CC1. The lowest BCUT2D eigenvalue weighted by atomic mass is 9.99. The maximum atomic E-state index is 11.6. The Balaban J connectivity index is 1.67. The summed E-state index contributed by atoms with van der Waals surface area (Å²) in [5, 5.41) is 9.45. The highest BCUT2D eigenvalue weighted by atomic mass is 32.1. The average Bonchev–Trinajstić information content (AvgIpc) is 2.59. The zero-order valence-electron chi connectivity index (χ0n) is 16.8. The van der Waals surface area contributed by atoms with Crippen LogP contribution in [0.1, 0.15) is 40.5 Å². The number of ether oxygens (including phenoxy) is 1. The fourth-order valence-corrected chi connectivity index (χ4v) is 3.07. The Morgan fingerprint density at radius 2 is 1.74 bits per heavy atom. The molecule has 0 bridgehead atoms. The van der Waals surface area contributed by atoms with Gasteiger partial charge in [-0.2, -0.15) is 0 Å². The van der Waals surface area contributed by atoms with E-state index in [0.29, 0.717) is 18.2 Å². The zero-order valence-corrected chi connectivity index (χ0v) is 17.6. The van der Waals surface area contributed by atoms with Gasteiger partial charge in [0.05, 0.1) is 0 Å². The molecule has 3 N–H and O–H groups in total. The summed E-state index contributed by atoms with van der Waals surface area (Å²) in [6.07, 6.45) is 2.09. The van der Waals surface area contributed by atoms with Crippen LogP contribution in [0.3, 0.4) is 0 Å². The molecule has 0 radical (unpaired) electrons. The van der Waals surface area contributed by atoms with Crippen molar-refractivity contribution in [2.45, 2.75) is 46.1 Å². The van der Waals surface area contributed by atoms with Gasteiger partial charge in [0.15, 0.2) is 5.11 Å². The first-order valence-corrected chi connectivity index (χ1v) is 10.0. The lowest BCUT2D eigenvalue weighted by Crippen LogP contribution is -2.39. The van der Waals surface area contributed by atoms with Crippen molar-refractivity contribution < 1.29 is 9.53 Å². The predicted molar refractivity (Wildman–Crippen MR) is 116 cm³/mol. The lowest BCUT2D eigenvalue weighted by Gasteiger charge is -2.32. The third-order valence-electron chi connectivity index (χ3n) is 4.35. The highest BCUT2D eigenvalue weighted by Gasteiger charge is 2.16. The molecule has 2 rings (SSSR count). The summed E-state index contributed by atoms with van der Waals surface area (Å²) in [6, 6.07) is 8.34. The van der Waals surface area contributed by atoms with Crippen molar-refractivity contribution in [3.8, 4) is 0 Å². The molecule has 0 atom stereocenters. The van der Waals surface area contributed by atoms with Gasteiger partial charge in [-0.25, -0.2) is 4.79 Å². The van der Waals surface area contributed by atoms with Gasteiger partial charge in [-0.1, -0.05) is 6.92 Å². The van der Waals surface area contributed by atoms with Gasteiger partial charge in [-0.05, 0) is 76.0 Å². The number of hydrogen-bond donors (Lipinski definition) is 3. The van der Waals surface area contributed by atoms with Crippen LogP contribution in [0.2, 0.25) is 0 Å². The number of nitrogens with one attached hydrogen (secondary N) is 3. The van der Waals surface area contributed by atoms with E-state index in [1.54, 1.807) is 0 Å². The van der Waals surface area contributed by atoms with Gasteiger partial charge < -0.3 is 25.6 Å². The monoisotopic (exact) mass is 392 g/mol. The maximum absolute atomic E-state index is 11.6. The van der Waals surface area contributed by atoms with E-state index in [2.05, 4.69) is 39.9 Å². The number of hydrogen-bond acceptors (Lipinski definition) is 4. The van der Waals surface area contributed by atoms with E-state index >= 15 is 0 Å². The second kappa shape index (κ2) is 9.78. The molecule has 1 aliphatic heterocycles. The average molecular weight is 393 g/mol. The molecule has 6 nitrogen and oxygen atoms in total. The molecule has 0 spiro atoms. The topological polar surface area (TPSA) is 65.6 Å². The Morgan fingerprint density at radius 1 is 1.15 bits per heavy atom. The zero-order chi connectivity index (χ0) is 19.9. The molecular formula is C20H32N4O2S. The molecule has 150 valence electrons. The highest BCUT2D eigenvalue weighted by molar-refractivity contribution is 7.80. The molecule has 1 amide bonds. The molecule has 1 aromatic rings. The summed E-state index contributed by atoms with van der Waals surface area (Å²) in [5.41, 5.74) is 1.71. The van der Waals surface area contributed by atoms with Gasteiger partial charge in [0, 0.05) is 37.6 Å². The third kappa shape index (κ3) is 8.03. The van der Waals surface area contributed by atoms with Gasteiger partial charge in [0.1, 0.15) is 5.60 Å². The molecule has 7 heteroatoms. The molecular weight excluding hydrogens is 360 g/mol. The fourth-order valence-electron chi connectivity index (χ4n) is 2.85. The second-order valence-corrected chi connectivity index (χ2v) is 8.43. The first kappa shape index (κ1) is 21.3. The Morgan fingerprint density at radius 3 is 2.33 bits per heavy atom. The normalized spacial score (nSPS) is 15.2. The van der Waals surface area contributed by atoms with Gasteiger partial charge in [0.2, 0.25) is 0 Å². The quantitative estimate of drug-likeness (QED) is 0.524. The van der Waals surface area contributed by atoms with Crippen molar-refractivity contribution in [2.24, 2.45) is 5.92 Å². The number of nitrogens with zero attached hydrogens (tertiary/aromatic N) is 1. The van der Waals surface area contributed by atoms with Crippen LogP contribution < -0.4 is 20.9 Å². The van der Waals surface area contributed by atoms with Crippen LogP contribution >= 0.6 is 12.2 Å². The largest absolute Gasteiger partial charge is 0.444 e. The summed E-state index contributed by atoms with van der Waals surface area (Å²) >= 11 is 5.30. The third-order valence-corrected chi connectivity index (χ3v) is 4.60. The molecule has 1 heterocycles. The van der Waals surface area contributed by atoms with Crippen LogP contribution in [-0.2, 0) is 4.74 Å². The van der Waals surface area contributed by atoms with Gasteiger partial charge in [0.25, 0.3) is 0 Å². The Hall–Kier alpha value is -2.02. The molecule has 27 heavy (non-hydrogen) atoms. The lowest BCUT2D eigenvalue weighted by molar-refractivity contribution is 0.0529. The minimum Gasteiger partial charge on any atom is -0.444 e. The summed E-state index contributed by atoms with van der Waals surface area (Å²) in [6.45, 7) is 11.0. The van der Waals surface area contributed by atoms with Crippen molar-refractivity contribution in [3.63, 3.8) is 0 Å². The van der Waals surface area contributed by atoms with E-state index in [-0.39, 0.29) is 0 Å². The number of thiocarbonyl (C=S) groups is 1. The molecule has 0 unspecified atom stereocenters. The van der Waals surface area contributed by atoms with Crippen LogP contribution in [-0.4, -0.2) is 43.0 Å². The van der Waals surface area contributed by atoms with Crippen molar-refractivity contribution in [2.75, 3.05) is 36.4 Å². The van der Waals surface area contributed by atoms with Gasteiger partial charge in [-0.15, -0.1) is 0 Å². The number of amides is 1. The fraction of sp³-hybridized carbons (Fsp3) is 0.600. The number of piperidine rings is 1. The minimum atomic E-state index is -0.493. The van der Waals surface area contributed by atoms with E-state index < -0.39 is 11.7 Å². The number of rotatable bonds is 5. The van der Waals surface area contributed by atoms with Crippen molar-refractivity contribution in [1.82, 2.24) is 10.6 Å². The predicted octanol–water partition coefficient (Wildman–Crippen LogP) is 3.73. The Kier molecular flexibility index (Phi) is 7.71. The minimum absolute atomic E-state index is 0.425. The summed E-state index contributed by atoms with van der Waals surface area (Å²) < 4.78 is 5.18. The molecule has 1 aliphatic rings. The van der Waals surface area contributed by atoms with Gasteiger partial charge in [-0.3, -0.25) is 0 Å². The number of carbonyl (C=O) groups excluding carboxylic acids is 1. The van der Waals surface area contributed by atoms with E-state index in [9.17, 15) is 4.79 Å². The van der Waals surface area contributed by atoms with Crippen molar-refractivity contribution in [1.29, 1.82) is 0 Å². The summed E-state index contributed by atoms with van der Waals surface area (Å²) in [4.78, 5) is 14.0. The highest BCUT2D eigenvalue weighted by Crippen LogP contribution is 2.24. The first-order valence-electron chi connectivity index (χ1n) is 9.59. The van der Waals surface area contributed by atoms with E-state index in [0.717, 1.165) is 24.7 Å². The first-order chi connectivity index (χ1) is 12.7. The van der Waals surface area contributed by atoms with Crippen LogP contribution in [0.25, 0.3) is 0 Å². The smallest absolute Gasteiger partial charge is 0.407 e.